The monoisotopic (exact) mass is 361 g/mol. The van der Waals surface area contributed by atoms with Crippen molar-refractivity contribution >= 4 is 5.82 Å². The van der Waals surface area contributed by atoms with E-state index >= 15 is 0 Å². The molecule has 1 aliphatic rings. The maximum Gasteiger partial charge on any atom is 0.231 e. The second-order valence-corrected chi connectivity index (χ2v) is 5.88. The Labute approximate surface area is 155 Å². The highest BCUT2D eigenvalue weighted by atomic mass is 16.7. The van der Waals surface area contributed by atoms with Crippen LogP contribution in [0.25, 0.3) is 22.4 Å². The summed E-state index contributed by atoms with van der Waals surface area (Å²) in [4.78, 5) is 4.36. The Bertz CT molecular complexity index is 1090. The van der Waals surface area contributed by atoms with Crippen LogP contribution in [-0.2, 0) is 0 Å². The second kappa shape index (κ2) is 6.42. The van der Waals surface area contributed by atoms with Gasteiger partial charge in [0.25, 0.3) is 0 Å². The van der Waals surface area contributed by atoms with E-state index in [0.717, 1.165) is 5.56 Å². The molecule has 7 nitrogen and oxygen atoms in total. The maximum atomic E-state index is 9.90. The third-order valence-corrected chi connectivity index (χ3v) is 4.30. The van der Waals surface area contributed by atoms with Crippen LogP contribution in [0.2, 0.25) is 0 Å². The van der Waals surface area contributed by atoms with E-state index in [4.69, 9.17) is 19.9 Å². The average molecular weight is 361 g/mol. The predicted molar refractivity (Wildman–Crippen MR) is 98.6 cm³/mol. The third-order valence-electron chi connectivity index (χ3n) is 4.30. The topological polar surface area (TPSA) is 111 Å². The van der Waals surface area contributed by atoms with E-state index in [9.17, 15) is 10.4 Å². The van der Waals surface area contributed by atoms with Crippen molar-refractivity contribution in [3.63, 3.8) is 0 Å². The summed E-state index contributed by atoms with van der Waals surface area (Å²) in [6.45, 7) is 0.174. The van der Waals surface area contributed by atoms with Gasteiger partial charge in [-0.1, -0.05) is 0 Å². The fraction of sp³-hybridized carbons (Fsp3) is 0.100. The highest BCUT2D eigenvalue weighted by Gasteiger charge is 2.19. The van der Waals surface area contributed by atoms with Crippen LogP contribution in [0.3, 0.4) is 0 Å². The van der Waals surface area contributed by atoms with Gasteiger partial charge in [-0.2, -0.15) is 5.26 Å². The standard InChI is InChI=1S/C20H15N3O4/c1-25-17-5-3-12(24)7-14(17)13-8-16(23-20(22)15(13)9-21)11-2-4-18-19(6-11)27-10-26-18/h2-8,24H,10H2,1H3,(H2,22,23). The van der Waals surface area contributed by atoms with Crippen LogP contribution < -0.4 is 19.9 Å². The minimum Gasteiger partial charge on any atom is -0.508 e. The Morgan fingerprint density at radius 1 is 1.11 bits per heavy atom. The molecular weight excluding hydrogens is 346 g/mol. The number of phenols is 1. The van der Waals surface area contributed by atoms with Crippen LogP contribution in [0.5, 0.6) is 23.0 Å². The van der Waals surface area contributed by atoms with E-state index in [-0.39, 0.29) is 23.9 Å². The molecule has 7 heteroatoms. The number of nitriles is 1. The molecule has 0 radical (unpaired) electrons. The number of nitrogens with two attached hydrogens (primary N) is 1. The number of benzene rings is 2. The number of hydrogen-bond donors (Lipinski definition) is 2. The summed E-state index contributed by atoms with van der Waals surface area (Å²) in [6, 6.07) is 13.9. The molecule has 0 saturated carbocycles. The third kappa shape index (κ3) is 2.83. The van der Waals surface area contributed by atoms with E-state index in [1.165, 1.54) is 19.2 Å². The second-order valence-electron chi connectivity index (χ2n) is 5.88. The summed E-state index contributed by atoms with van der Waals surface area (Å²) in [5.74, 6) is 1.93. The van der Waals surface area contributed by atoms with Crippen LogP contribution in [0.4, 0.5) is 5.82 Å². The van der Waals surface area contributed by atoms with Gasteiger partial charge in [0, 0.05) is 16.7 Å². The fourth-order valence-corrected chi connectivity index (χ4v) is 3.00. The SMILES string of the molecule is COc1ccc(O)cc1-c1cc(-c2ccc3c(c2)OCO3)nc(N)c1C#N. The van der Waals surface area contributed by atoms with Gasteiger partial charge >= 0.3 is 0 Å². The lowest BCUT2D eigenvalue weighted by Gasteiger charge is -2.13. The van der Waals surface area contributed by atoms with Gasteiger partial charge in [-0.05, 0) is 42.5 Å². The number of methoxy groups -OCH3 is 1. The van der Waals surface area contributed by atoms with Crippen molar-refractivity contribution in [2.24, 2.45) is 0 Å². The van der Waals surface area contributed by atoms with Gasteiger partial charge in [0.2, 0.25) is 6.79 Å². The lowest BCUT2D eigenvalue weighted by Crippen LogP contribution is -2.00. The first-order chi connectivity index (χ1) is 13.1. The molecule has 0 spiro atoms. The first-order valence-electron chi connectivity index (χ1n) is 8.08. The molecular formula is C20H15N3O4. The number of nitrogen functional groups attached to an aromatic ring is 1. The molecule has 0 bridgehead atoms. The van der Waals surface area contributed by atoms with Gasteiger partial charge in [0.15, 0.2) is 11.5 Å². The lowest BCUT2D eigenvalue weighted by atomic mass is 9.97. The minimum absolute atomic E-state index is 0.0507. The van der Waals surface area contributed by atoms with E-state index in [1.807, 2.05) is 6.07 Å². The quantitative estimate of drug-likeness (QED) is 0.736. The summed E-state index contributed by atoms with van der Waals surface area (Å²) in [7, 11) is 1.52. The van der Waals surface area contributed by atoms with Gasteiger partial charge in [0.1, 0.15) is 28.9 Å². The van der Waals surface area contributed by atoms with Crippen molar-refractivity contribution in [3.8, 4) is 51.5 Å². The summed E-state index contributed by atoms with van der Waals surface area (Å²) in [5.41, 5.74) is 8.65. The van der Waals surface area contributed by atoms with Crippen molar-refractivity contribution in [3.05, 3.63) is 48.0 Å². The van der Waals surface area contributed by atoms with Crippen LogP contribution in [0.15, 0.2) is 42.5 Å². The zero-order chi connectivity index (χ0) is 19.0. The van der Waals surface area contributed by atoms with Crippen LogP contribution in [0, 0.1) is 11.3 Å². The first kappa shape index (κ1) is 16.5. The zero-order valence-corrected chi connectivity index (χ0v) is 14.4. The number of fused-ring (bicyclic) bond motifs is 1. The molecule has 0 saturated heterocycles. The molecule has 0 fully saturated rings. The van der Waals surface area contributed by atoms with Gasteiger partial charge in [-0.25, -0.2) is 4.98 Å². The Morgan fingerprint density at radius 3 is 2.70 bits per heavy atom. The van der Waals surface area contributed by atoms with Crippen molar-refractivity contribution in [2.75, 3.05) is 19.6 Å². The molecule has 1 aliphatic heterocycles. The molecule has 4 rings (SSSR count). The van der Waals surface area contributed by atoms with Gasteiger partial charge in [-0.3, -0.25) is 0 Å². The molecule has 27 heavy (non-hydrogen) atoms. The number of hydrogen-bond acceptors (Lipinski definition) is 7. The molecule has 3 aromatic rings. The number of aromatic nitrogens is 1. The predicted octanol–water partition coefficient (Wildman–Crippen LogP) is 3.31. The first-order valence-corrected chi connectivity index (χ1v) is 8.08. The van der Waals surface area contributed by atoms with Crippen molar-refractivity contribution in [2.45, 2.75) is 0 Å². The molecule has 2 heterocycles. The lowest BCUT2D eigenvalue weighted by molar-refractivity contribution is 0.174. The smallest absolute Gasteiger partial charge is 0.231 e. The number of rotatable bonds is 3. The molecule has 1 aromatic heterocycles. The molecule has 0 aliphatic carbocycles. The zero-order valence-electron chi connectivity index (χ0n) is 14.4. The van der Waals surface area contributed by atoms with Gasteiger partial charge in [0.05, 0.1) is 12.8 Å². The highest BCUT2D eigenvalue weighted by Crippen LogP contribution is 2.40. The average Bonchev–Trinajstić information content (AvgIpc) is 3.15. The normalized spacial score (nSPS) is 11.9. The molecule has 0 amide bonds. The van der Waals surface area contributed by atoms with Gasteiger partial charge in [-0.15, -0.1) is 0 Å². The Balaban J connectivity index is 1.93. The number of phenolic OH excluding ortho intramolecular Hbond substituents is 1. The largest absolute Gasteiger partial charge is 0.508 e. The van der Waals surface area contributed by atoms with Crippen LogP contribution in [-0.4, -0.2) is 24.0 Å². The van der Waals surface area contributed by atoms with Gasteiger partial charge < -0.3 is 25.1 Å². The summed E-state index contributed by atoms with van der Waals surface area (Å²) in [6.07, 6.45) is 0. The Kier molecular flexibility index (Phi) is 3.94. The van der Waals surface area contributed by atoms with Crippen molar-refractivity contribution in [1.29, 1.82) is 5.26 Å². The Morgan fingerprint density at radius 2 is 1.93 bits per heavy atom. The number of ether oxygens (including phenoxy) is 3. The summed E-state index contributed by atoms with van der Waals surface area (Å²) in [5, 5.41) is 19.5. The summed E-state index contributed by atoms with van der Waals surface area (Å²) >= 11 is 0. The Hall–Kier alpha value is -3.92. The van der Waals surface area contributed by atoms with Crippen molar-refractivity contribution in [1.82, 2.24) is 4.98 Å². The van der Waals surface area contributed by atoms with E-state index in [2.05, 4.69) is 11.1 Å². The maximum absolute atomic E-state index is 9.90. The molecule has 2 aromatic carbocycles. The van der Waals surface area contributed by atoms with Crippen LogP contribution >= 0.6 is 0 Å². The number of aromatic hydroxyl groups is 1. The number of nitrogens with zero attached hydrogens (tertiary/aromatic N) is 2. The van der Waals surface area contributed by atoms with E-state index < -0.39 is 0 Å². The number of anilines is 1. The van der Waals surface area contributed by atoms with E-state index in [0.29, 0.717) is 34.1 Å². The summed E-state index contributed by atoms with van der Waals surface area (Å²) < 4.78 is 16.1. The van der Waals surface area contributed by atoms with E-state index in [1.54, 1.807) is 24.3 Å². The molecule has 134 valence electrons. The molecule has 3 N–H and O–H groups in total. The van der Waals surface area contributed by atoms with Crippen molar-refractivity contribution < 1.29 is 19.3 Å². The molecule has 0 atom stereocenters. The minimum atomic E-state index is 0.0507. The molecule has 0 unspecified atom stereocenters. The number of pyridine rings is 1. The highest BCUT2D eigenvalue weighted by molar-refractivity contribution is 5.84. The van der Waals surface area contributed by atoms with Crippen LogP contribution in [0.1, 0.15) is 5.56 Å². The fourth-order valence-electron chi connectivity index (χ4n) is 3.00.